The van der Waals surface area contributed by atoms with E-state index in [2.05, 4.69) is 15.4 Å². The summed E-state index contributed by atoms with van der Waals surface area (Å²) in [7, 11) is 1.73. The third-order valence-electron chi connectivity index (χ3n) is 5.87. The Morgan fingerprint density at radius 2 is 1.79 bits per heavy atom. The maximum atomic E-state index is 13.0. The second-order valence-corrected chi connectivity index (χ2v) is 8.65. The minimum Gasteiger partial charge on any atom is -0.435 e. The van der Waals surface area contributed by atoms with Crippen LogP contribution < -0.4 is 0 Å². The van der Waals surface area contributed by atoms with Crippen LogP contribution in [-0.4, -0.2) is 43.0 Å². The van der Waals surface area contributed by atoms with Gasteiger partial charge in [-0.1, -0.05) is 75.7 Å². The van der Waals surface area contributed by atoms with E-state index in [0.29, 0.717) is 12.2 Å². The summed E-state index contributed by atoms with van der Waals surface area (Å²) in [6.45, 7) is 5.92. The van der Waals surface area contributed by atoms with E-state index in [0.717, 1.165) is 35.1 Å². The second kappa shape index (κ2) is 9.52. The molecule has 33 heavy (non-hydrogen) atoms. The number of unbranched alkanes of at least 4 members (excludes halogenated alkanes) is 1. The van der Waals surface area contributed by atoms with Crippen LogP contribution in [0, 0.1) is 5.92 Å². The van der Waals surface area contributed by atoms with E-state index in [1.54, 1.807) is 11.9 Å². The lowest BCUT2D eigenvalue weighted by molar-refractivity contribution is -0.144. The predicted molar refractivity (Wildman–Crippen MR) is 124 cm³/mol. The lowest BCUT2D eigenvalue weighted by atomic mass is 9.97. The monoisotopic (exact) mass is 447 g/mol. The van der Waals surface area contributed by atoms with Crippen molar-refractivity contribution < 1.29 is 14.3 Å². The summed E-state index contributed by atoms with van der Waals surface area (Å²) < 4.78 is 5.71. The molecule has 1 aromatic heterocycles. The number of nitrogens with zero attached hydrogens (tertiary/aromatic N) is 5. The van der Waals surface area contributed by atoms with E-state index >= 15 is 0 Å². The Morgan fingerprint density at radius 1 is 1.09 bits per heavy atom. The number of aryl methyl sites for hydroxylation is 1. The number of esters is 1. The summed E-state index contributed by atoms with van der Waals surface area (Å²) in [6, 6.07) is 15.1. The number of tetrazole rings is 1. The topological polar surface area (TPSA) is 90.2 Å². The highest BCUT2D eigenvalue weighted by atomic mass is 16.6. The lowest BCUT2D eigenvalue weighted by Gasteiger charge is -2.28. The van der Waals surface area contributed by atoms with Gasteiger partial charge >= 0.3 is 5.97 Å². The first-order valence-corrected chi connectivity index (χ1v) is 11.4. The fourth-order valence-corrected chi connectivity index (χ4v) is 4.21. The Labute approximate surface area is 193 Å². The molecule has 0 radical (unpaired) electrons. The summed E-state index contributed by atoms with van der Waals surface area (Å²) in [5.41, 5.74) is 3.59. The van der Waals surface area contributed by atoms with Gasteiger partial charge in [0.05, 0.1) is 7.05 Å². The van der Waals surface area contributed by atoms with Crippen molar-refractivity contribution in [2.45, 2.75) is 52.3 Å². The zero-order valence-corrected chi connectivity index (χ0v) is 19.4. The number of benzene rings is 2. The van der Waals surface area contributed by atoms with Gasteiger partial charge in [-0.2, -0.15) is 4.80 Å². The number of carbonyl (C=O) groups is 2. The third-order valence-corrected chi connectivity index (χ3v) is 5.87. The standard InChI is InChI=1S/C25H29N5O3/c1-5-6-11-21(31)30-22(16(2)3)25(32)33-24(30)18-14-12-17(13-15-18)19-9-7-8-10-20(19)23-26-28-29(4)27-23/h7-10,12-16,22,24H,5-6,11H2,1-4H3/t22-,24?/m0/s1. The van der Waals surface area contributed by atoms with E-state index in [1.807, 2.05) is 69.3 Å². The Hall–Kier alpha value is -3.55. The maximum absolute atomic E-state index is 13.0. The van der Waals surface area contributed by atoms with Crippen LogP contribution in [-0.2, 0) is 21.4 Å². The number of hydrogen-bond donors (Lipinski definition) is 0. The number of rotatable bonds is 7. The van der Waals surface area contributed by atoms with Gasteiger partial charge in [-0.3, -0.25) is 9.69 Å². The lowest BCUT2D eigenvalue weighted by Crippen LogP contribution is -2.42. The fourth-order valence-electron chi connectivity index (χ4n) is 4.21. The molecule has 4 rings (SSSR count). The molecule has 0 saturated carbocycles. The summed E-state index contributed by atoms with van der Waals surface area (Å²) in [5.74, 6) is 0.130. The second-order valence-electron chi connectivity index (χ2n) is 8.65. The van der Waals surface area contributed by atoms with Gasteiger partial charge in [-0.25, -0.2) is 4.79 Å². The van der Waals surface area contributed by atoms with E-state index < -0.39 is 12.3 Å². The number of hydrogen-bond acceptors (Lipinski definition) is 6. The van der Waals surface area contributed by atoms with Crippen molar-refractivity contribution >= 4 is 11.9 Å². The first kappa shape index (κ1) is 22.6. The third kappa shape index (κ3) is 4.51. The highest BCUT2D eigenvalue weighted by molar-refractivity contribution is 5.88. The van der Waals surface area contributed by atoms with Crippen LogP contribution in [0.4, 0.5) is 0 Å². The van der Waals surface area contributed by atoms with Gasteiger partial charge in [-0.15, -0.1) is 10.2 Å². The molecular formula is C25H29N5O3. The minimum atomic E-state index is -0.708. The maximum Gasteiger partial charge on any atom is 0.331 e. The first-order chi connectivity index (χ1) is 15.9. The van der Waals surface area contributed by atoms with Crippen molar-refractivity contribution in [1.82, 2.24) is 25.1 Å². The summed E-state index contributed by atoms with van der Waals surface area (Å²) in [5, 5.41) is 12.4. The first-order valence-electron chi connectivity index (χ1n) is 11.4. The quantitative estimate of drug-likeness (QED) is 0.506. The molecule has 2 heterocycles. The van der Waals surface area contributed by atoms with Crippen LogP contribution in [0.3, 0.4) is 0 Å². The number of amides is 1. The average Bonchev–Trinajstić information content (AvgIpc) is 3.40. The molecule has 0 spiro atoms. The number of carbonyl (C=O) groups excluding carboxylic acids is 2. The number of ether oxygens (including phenoxy) is 1. The van der Waals surface area contributed by atoms with E-state index in [4.69, 9.17) is 4.74 Å². The highest BCUT2D eigenvalue weighted by Crippen LogP contribution is 2.37. The summed E-state index contributed by atoms with van der Waals surface area (Å²) in [6.07, 6.45) is 1.40. The normalized spacial score (nSPS) is 18.1. The van der Waals surface area contributed by atoms with Gasteiger partial charge in [-0.05, 0) is 28.7 Å². The van der Waals surface area contributed by atoms with Crippen molar-refractivity contribution in [1.29, 1.82) is 0 Å². The molecule has 0 N–H and O–H groups in total. The molecule has 1 saturated heterocycles. The molecule has 0 bridgehead atoms. The summed E-state index contributed by atoms with van der Waals surface area (Å²) in [4.78, 5) is 28.7. The van der Waals surface area contributed by atoms with Crippen molar-refractivity contribution in [2.75, 3.05) is 0 Å². The van der Waals surface area contributed by atoms with Crippen LogP contribution in [0.2, 0.25) is 0 Å². The molecule has 0 aliphatic carbocycles. The molecular weight excluding hydrogens is 418 g/mol. The predicted octanol–water partition coefficient (Wildman–Crippen LogP) is 4.14. The van der Waals surface area contributed by atoms with Gasteiger partial charge in [0.15, 0.2) is 0 Å². The van der Waals surface area contributed by atoms with E-state index in [9.17, 15) is 9.59 Å². The van der Waals surface area contributed by atoms with Crippen molar-refractivity contribution in [3.05, 3.63) is 54.1 Å². The van der Waals surface area contributed by atoms with Crippen LogP contribution in [0.5, 0.6) is 0 Å². The van der Waals surface area contributed by atoms with Crippen molar-refractivity contribution in [2.24, 2.45) is 13.0 Å². The molecule has 1 aliphatic rings. The van der Waals surface area contributed by atoms with Gasteiger partial charge in [0.1, 0.15) is 6.04 Å². The Kier molecular flexibility index (Phi) is 6.53. The zero-order chi connectivity index (χ0) is 23.5. The molecule has 8 heteroatoms. The largest absolute Gasteiger partial charge is 0.435 e. The number of aromatic nitrogens is 4. The van der Waals surface area contributed by atoms with E-state index in [-0.39, 0.29) is 17.8 Å². The highest BCUT2D eigenvalue weighted by Gasteiger charge is 2.46. The molecule has 1 aliphatic heterocycles. The molecule has 1 unspecified atom stereocenters. The Balaban J connectivity index is 1.65. The van der Waals surface area contributed by atoms with Crippen molar-refractivity contribution in [3.63, 3.8) is 0 Å². The van der Waals surface area contributed by atoms with Gasteiger partial charge in [0.25, 0.3) is 0 Å². The van der Waals surface area contributed by atoms with Gasteiger partial charge in [0, 0.05) is 17.5 Å². The van der Waals surface area contributed by atoms with Crippen LogP contribution in [0.25, 0.3) is 22.5 Å². The van der Waals surface area contributed by atoms with E-state index in [1.165, 1.54) is 4.80 Å². The number of cyclic esters (lactones) is 1. The van der Waals surface area contributed by atoms with Crippen LogP contribution in [0.1, 0.15) is 51.8 Å². The molecule has 172 valence electrons. The Morgan fingerprint density at radius 3 is 2.39 bits per heavy atom. The fraction of sp³-hybridized carbons (Fsp3) is 0.400. The zero-order valence-electron chi connectivity index (χ0n) is 19.4. The molecule has 1 amide bonds. The molecule has 1 fully saturated rings. The molecule has 3 aromatic rings. The molecule has 8 nitrogen and oxygen atoms in total. The van der Waals surface area contributed by atoms with Gasteiger partial charge in [0.2, 0.25) is 18.0 Å². The van der Waals surface area contributed by atoms with Gasteiger partial charge < -0.3 is 4.74 Å². The molecule has 2 aromatic carbocycles. The molecule has 2 atom stereocenters. The van der Waals surface area contributed by atoms with Crippen LogP contribution >= 0.6 is 0 Å². The average molecular weight is 448 g/mol. The van der Waals surface area contributed by atoms with Crippen LogP contribution in [0.15, 0.2) is 48.5 Å². The smallest absolute Gasteiger partial charge is 0.331 e. The van der Waals surface area contributed by atoms with Crippen molar-refractivity contribution in [3.8, 4) is 22.5 Å². The minimum absolute atomic E-state index is 0.0290. The Bertz CT molecular complexity index is 1140. The summed E-state index contributed by atoms with van der Waals surface area (Å²) >= 11 is 0. The SMILES string of the molecule is CCCCC(=O)N1C(c2ccc(-c3ccccc3-c3nnn(C)n3)cc2)OC(=O)[C@@H]1C(C)C.